The van der Waals surface area contributed by atoms with Crippen LogP contribution in [0, 0.1) is 0 Å². The highest BCUT2D eigenvalue weighted by atomic mass is 32.1. The molecular weight excluding hydrogens is 641 g/mol. The lowest BCUT2D eigenvalue weighted by atomic mass is 10.0. The third kappa shape index (κ3) is 3.87. The molecule has 11 rings (SSSR count). The summed E-state index contributed by atoms with van der Waals surface area (Å²) >= 11 is 5.53. The largest absolute Gasteiger partial charge is 0.310 e. The highest BCUT2D eigenvalue weighted by Gasteiger charge is 2.28. The Morgan fingerprint density at radius 3 is 1.75 bits per heavy atom. The van der Waals surface area contributed by atoms with E-state index >= 15 is 0 Å². The van der Waals surface area contributed by atoms with Crippen LogP contribution < -0.4 is 4.90 Å². The molecule has 0 atom stereocenters. The number of anilines is 3. The lowest BCUT2D eigenvalue weighted by Gasteiger charge is -2.26. The van der Waals surface area contributed by atoms with Gasteiger partial charge in [0.25, 0.3) is 0 Å². The van der Waals surface area contributed by atoms with Crippen LogP contribution in [-0.2, 0) is 0 Å². The second-order valence-corrected chi connectivity index (χ2v) is 15.5. The molecule has 0 fully saturated rings. The van der Waals surface area contributed by atoms with Crippen molar-refractivity contribution in [3.63, 3.8) is 0 Å². The van der Waals surface area contributed by atoms with Crippen LogP contribution in [0.25, 0.3) is 83.4 Å². The number of hydrogen-bond donors (Lipinski definition) is 0. The van der Waals surface area contributed by atoms with Crippen LogP contribution in [0.3, 0.4) is 0 Å². The monoisotopic (exact) mass is 664 g/mol. The number of thiophene rings is 2. The fraction of sp³-hybridized carbons (Fsp3) is 0. The van der Waals surface area contributed by atoms with Crippen LogP contribution in [0.4, 0.5) is 17.1 Å². The number of thiazole rings is 1. The van der Waals surface area contributed by atoms with Crippen molar-refractivity contribution in [2.24, 2.45) is 0 Å². The van der Waals surface area contributed by atoms with Crippen LogP contribution in [0.2, 0.25) is 0 Å². The van der Waals surface area contributed by atoms with Crippen molar-refractivity contribution in [1.82, 2.24) is 4.98 Å². The molecular formula is C43H24N2S3. The predicted octanol–water partition coefficient (Wildman–Crippen LogP) is 13.8. The summed E-state index contributed by atoms with van der Waals surface area (Å²) in [6.45, 7) is 0. The molecule has 0 saturated heterocycles. The molecule has 0 saturated carbocycles. The lowest BCUT2D eigenvalue weighted by molar-refractivity contribution is 1.30. The average Bonchev–Trinajstić information content (AvgIpc) is 3.89. The number of rotatable bonds is 4. The van der Waals surface area contributed by atoms with Gasteiger partial charge in [-0.05, 0) is 59.3 Å². The summed E-state index contributed by atoms with van der Waals surface area (Å²) in [5.74, 6) is 0. The van der Waals surface area contributed by atoms with E-state index in [9.17, 15) is 0 Å². The Morgan fingerprint density at radius 1 is 0.438 bits per heavy atom. The van der Waals surface area contributed by atoms with E-state index in [4.69, 9.17) is 4.98 Å². The molecule has 0 spiro atoms. The Hall–Kier alpha value is -5.33. The van der Waals surface area contributed by atoms with Crippen LogP contribution in [0.5, 0.6) is 0 Å². The summed E-state index contributed by atoms with van der Waals surface area (Å²) in [6.07, 6.45) is 0. The van der Waals surface area contributed by atoms with Crippen molar-refractivity contribution in [2.45, 2.75) is 0 Å². The summed E-state index contributed by atoms with van der Waals surface area (Å²) in [6, 6.07) is 53.4. The van der Waals surface area contributed by atoms with Crippen LogP contribution in [-0.4, -0.2) is 4.98 Å². The topological polar surface area (TPSA) is 16.1 Å². The van der Waals surface area contributed by atoms with Crippen molar-refractivity contribution in [3.05, 3.63) is 146 Å². The maximum absolute atomic E-state index is 5.28. The van der Waals surface area contributed by atoms with E-state index in [1.54, 1.807) is 11.3 Å². The van der Waals surface area contributed by atoms with E-state index in [0.29, 0.717) is 0 Å². The standard InChI is InChI=1S/C43H24N2S3/c1-2-9-25(10-3-1)43-44-41-35-22-29(21-26-11-8-14-34(40(26)35)42(41)48-43)45(27-17-19-32-30-12-4-6-15-36(30)46-38(32)23-27)28-18-20-33-31-13-5-7-16-37(31)47-39(33)24-28/h1-24H. The molecule has 2 nitrogen and oxygen atoms in total. The van der Waals surface area contributed by atoms with E-state index in [2.05, 4.69) is 150 Å². The number of fused-ring (bicyclic) bond motifs is 9. The molecule has 224 valence electrons. The van der Waals surface area contributed by atoms with E-state index < -0.39 is 0 Å². The molecule has 0 aliphatic heterocycles. The molecule has 48 heavy (non-hydrogen) atoms. The molecule has 10 aromatic rings. The van der Waals surface area contributed by atoms with Gasteiger partial charge in [0.2, 0.25) is 0 Å². The highest BCUT2D eigenvalue weighted by Crippen LogP contribution is 2.53. The van der Waals surface area contributed by atoms with Gasteiger partial charge in [0, 0.05) is 74.1 Å². The van der Waals surface area contributed by atoms with Crippen molar-refractivity contribution < 1.29 is 0 Å². The molecule has 7 aromatic carbocycles. The Labute approximate surface area is 288 Å². The van der Waals surface area contributed by atoms with Gasteiger partial charge in [-0.3, -0.25) is 0 Å². The quantitative estimate of drug-likeness (QED) is 0.186. The van der Waals surface area contributed by atoms with Crippen molar-refractivity contribution in [2.75, 3.05) is 4.90 Å². The zero-order valence-corrected chi connectivity index (χ0v) is 27.9. The minimum atomic E-state index is 1.07. The van der Waals surface area contributed by atoms with Gasteiger partial charge in [-0.25, -0.2) is 4.98 Å². The van der Waals surface area contributed by atoms with E-state index in [-0.39, 0.29) is 0 Å². The van der Waals surface area contributed by atoms with Crippen molar-refractivity contribution in [1.29, 1.82) is 0 Å². The maximum Gasteiger partial charge on any atom is 0.124 e. The fourth-order valence-electron chi connectivity index (χ4n) is 7.46. The average molecular weight is 665 g/mol. The molecule has 0 bridgehead atoms. The normalized spacial score (nSPS) is 12.2. The summed E-state index contributed by atoms with van der Waals surface area (Å²) in [5, 5.41) is 8.86. The zero-order valence-electron chi connectivity index (χ0n) is 25.5. The van der Waals surface area contributed by atoms with E-state index in [0.717, 1.165) is 33.3 Å². The molecule has 1 aliphatic rings. The first-order valence-corrected chi connectivity index (χ1v) is 18.5. The second-order valence-electron chi connectivity index (χ2n) is 12.4. The Balaban J connectivity index is 1.15. The molecule has 0 N–H and O–H groups in total. The van der Waals surface area contributed by atoms with Gasteiger partial charge < -0.3 is 4.90 Å². The number of hydrogen-bond acceptors (Lipinski definition) is 5. The maximum atomic E-state index is 5.28. The van der Waals surface area contributed by atoms with Gasteiger partial charge in [0.05, 0.1) is 10.6 Å². The summed E-state index contributed by atoms with van der Waals surface area (Å²) in [5.41, 5.74) is 8.19. The van der Waals surface area contributed by atoms with Gasteiger partial charge >= 0.3 is 0 Å². The summed E-state index contributed by atoms with van der Waals surface area (Å²) < 4.78 is 5.23. The van der Waals surface area contributed by atoms with Gasteiger partial charge in [0.15, 0.2) is 0 Å². The van der Waals surface area contributed by atoms with Gasteiger partial charge in [-0.1, -0.05) is 97.1 Å². The first-order chi connectivity index (χ1) is 23.8. The number of benzene rings is 7. The first-order valence-electron chi connectivity index (χ1n) is 16.0. The van der Waals surface area contributed by atoms with Crippen LogP contribution in [0.15, 0.2) is 146 Å². The van der Waals surface area contributed by atoms with Gasteiger partial charge in [-0.15, -0.1) is 34.0 Å². The molecule has 0 radical (unpaired) electrons. The molecule has 1 aliphatic carbocycles. The Kier molecular flexibility index (Phi) is 5.61. The lowest BCUT2D eigenvalue weighted by Crippen LogP contribution is -2.10. The fourth-order valence-corrected chi connectivity index (χ4v) is 10.9. The molecule has 0 unspecified atom stereocenters. The van der Waals surface area contributed by atoms with E-state index in [1.807, 2.05) is 22.7 Å². The van der Waals surface area contributed by atoms with Crippen LogP contribution in [0.1, 0.15) is 0 Å². The molecule has 3 heterocycles. The third-order valence-corrected chi connectivity index (χ3v) is 13.0. The molecule has 0 amide bonds. The van der Waals surface area contributed by atoms with Crippen molar-refractivity contribution in [3.8, 4) is 32.3 Å². The Morgan fingerprint density at radius 2 is 1.06 bits per heavy atom. The predicted molar refractivity (Wildman–Crippen MR) is 210 cm³/mol. The number of nitrogens with zero attached hydrogens (tertiary/aromatic N) is 2. The zero-order chi connectivity index (χ0) is 31.3. The van der Waals surface area contributed by atoms with E-state index in [1.165, 1.54) is 67.1 Å². The first kappa shape index (κ1) is 26.7. The van der Waals surface area contributed by atoms with Crippen molar-refractivity contribution >= 4 is 102 Å². The Bertz CT molecular complexity index is 2800. The minimum Gasteiger partial charge on any atom is -0.310 e. The smallest absolute Gasteiger partial charge is 0.124 e. The summed E-state index contributed by atoms with van der Waals surface area (Å²) in [4.78, 5) is 8.98. The second kappa shape index (κ2) is 10.1. The highest BCUT2D eigenvalue weighted by molar-refractivity contribution is 7.26. The minimum absolute atomic E-state index is 1.07. The molecule has 5 heteroatoms. The third-order valence-electron chi connectivity index (χ3n) is 9.61. The van der Waals surface area contributed by atoms with Gasteiger partial charge in [0.1, 0.15) is 5.01 Å². The molecule has 3 aromatic heterocycles. The van der Waals surface area contributed by atoms with Gasteiger partial charge in [-0.2, -0.15) is 0 Å². The number of aromatic nitrogens is 1. The SMILES string of the molecule is c1ccc(-c2nc3c(s2)-c2cccc4cc(N(c5ccc6c(c5)sc5ccccc56)c5ccc6c(c5)sc5ccccc56)cc-3c24)cc1. The van der Waals surface area contributed by atoms with Crippen LogP contribution >= 0.6 is 34.0 Å². The summed E-state index contributed by atoms with van der Waals surface area (Å²) in [7, 11) is 0.